The summed E-state index contributed by atoms with van der Waals surface area (Å²) < 4.78 is 26.5. The minimum Gasteiger partial charge on any atom is -0.398 e. The second-order valence-electron chi connectivity index (χ2n) is 5.57. The van der Waals surface area contributed by atoms with Crippen LogP contribution in [0.4, 0.5) is 5.69 Å². The summed E-state index contributed by atoms with van der Waals surface area (Å²) in [6.45, 7) is 2.38. The lowest BCUT2D eigenvalue weighted by Crippen LogP contribution is -2.33. The molecule has 1 aromatic carbocycles. The Hall–Kier alpha value is -1.62. The summed E-state index contributed by atoms with van der Waals surface area (Å²) in [6, 6.07) is 6.21. The van der Waals surface area contributed by atoms with Crippen molar-refractivity contribution in [2.24, 2.45) is 5.92 Å². The molecular weight excluding hydrogens is 288 g/mol. The first-order valence-electron chi connectivity index (χ1n) is 6.79. The first kappa shape index (κ1) is 15.8. The van der Waals surface area contributed by atoms with Gasteiger partial charge in [0.1, 0.15) is 4.90 Å². The zero-order valence-electron chi connectivity index (χ0n) is 12.3. The van der Waals surface area contributed by atoms with Crippen LogP contribution in [0.3, 0.4) is 0 Å². The van der Waals surface area contributed by atoms with Gasteiger partial charge < -0.3 is 10.6 Å². The molecule has 1 aliphatic heterocycles. The van der Waals surface area contributed by atoms with E-state index in [0.29, 0.717) is 18.0 Å². The van der Waals surface area contributed by atoms with Gasteiger partial charge in [-0.15, -0.1) is 0 Å². The fraction of sp³-hybridized carbons (Fsp3) is 0.500. The van der Waals surface area contributed by atoms with E-state index < -0.39 is 10.0 Å². The van der Waals surface area contributed by atoms with Gasteiger partial charge in [0.25, 0.3) is 0 Å². The molecule has 1 aliphatic rings. The highest BCUT2D eigenvalue weighted by Crippen LogP contribution is 2.24. The van der Waals surface area contributed by atoms with Crippen LogP contribution in [0.25, 0.3) is 0 Å². The number of sulfonamides is 1. The van der Waals surface area contributed by atoms with E-state index in [2.05, 4.69) is 4.90 Å². The van der Waals surface area contributed by atoms with E-state index in [0.717, 1.165) is 19.5 Å². The van der Waals surface area contributed by atoms with Gasteiger partial charge in [0.15, 0.2) is 0 Å². The Morgan fingerprint density at radius 3 is 2.76 bits per heavy atom. The van der Waals surface area contributed by atoms with Crippen molar-refractivity contribution in [2.75, 3.05) is 39.5 Å². The van der Waals surface area contributed by atoms with Crippen LogP contribution in [-0.4, -0.2) is 51.4 Å². The maximum atomic E-state index is 12.6. The van der Waals surface area contributed by atoms with Crippen LogP contribution >= 0.6 is 0 Å². The maximum absolute atomic E-state index is 12.6. The van der Waals surface area contributed by atoms with Crippen LogP contribution in [0, 0.1) is 17.2 Å². The molecule has 1 unspecified atom stereocenters. The normalized spacial score (nSPS) is 19.8. The molecule has 0 radical (unpaired) electrons. The van der Waals surface area contributed by atoms with Gasteiger partial charge in [-0.05, 0) is 44.1 Å². The Morgan fingerprint density at radius 2 is 2.24 bits per heavy atom. The topological polar surface area (TPSA) is 90.4 Å². The average molecular weight is 308 g/mol. The predicted molar refractivity (Wildman–Crippen MR) is 81.0 cm³/mol. The van der Waals surface area contributed by atoms with Gasteiger partial charge >= 0.3 is 0 Å². The molecule has 0 aromatic heterocycles. The van der Waals surface area contributed by atoms with E-state index >= 15 is 0 Å². The lowest BCUT2D eigenvalue weighted by atomic mass is 10.1. The van der Waals surface area contributed by atoms with Crippen molar-refractivity contribution in [1.29, 1.82) is 5.26 Å². The number of nitrogens with two attached hydrogens (primary N) is 1. The minimum atomic E-state index is -3.62. The average Bonchev–Trinajstić information content (AvgIpc) is 2.83. The van der Waals surface area contributed by atoms with Gasteiger partial charge in [0.05, 0.1) is 17.3 Å². The molecular formula is C14H20N4O2S. The molecule has 1 heterocycles. The van der Waals surface area contributed by atoms with Crippen LogP contribution in [0.15, 0.2) is 23.1 Å². The van der Waals surface area contributed by atoms with Crippen LogP contribution < -0.4 is 5.73 Å². The fourth-order valence-electron chi connectivity index (χ4n) is 2.66. The number of nitriles is 1. The highest BCUT2D eigenvalue weighted by molar-refractivity contribution is 7.89. The molecule has 6 nitrogen and oxygen atoms in total. The number of nitrogen functional groups attached to an aromatic ring is 1. The van der Waals surface area contributed by atoms with E-state index in [1.807, 2.05) is 13.1 Å². The molecule has 1 atom stereocenters. The highest BCUT2D eigenvalue weighted by Gasteiger charge is 2.28. The van der Waals surface area contributed by atoms with Crippen LogP contribution in [-0.2, 0) is 10.0 Å². The number of hydrogen-bond donors (Lipinski definition) is 1. The molecule has 7 heteroatoms. The van der Waals surface area contributed by atoms with E-state index in [-0.39, 0.29) is 10.6 Å². The molecule has 0 saturated carbocycles. The third-order valence-corrected chi connectivity index (χ3v) is 5.73. The van der Waals surface area contributed by atoms with E-state index in [4.69, 9.17) is 11.0 Å². The van der Waals surface area contributed by atoms with Crippen LogP contribution in [0.1, 0.15) is 12.0 Å². The smallest absolute Gasteiger partial charge is 0.244 e. The SMILES string of the molecule is CN1CCC(CN(C)S(=O)(=O)c2ccc(C#N)cc2N)C1. The maximum Gasteiger partial charge on any atom is 0.244 e. The highest BCUT2D eigenvalue weighted by atomic mass is 32.2. The Bertz CT molecular complexity index is 666. The summed E-state index contributed by atoms with van der Waals surface area (Å²) in [7, 11) is -0.00966. The molecule has 0 spiro atoms. The number of likely N-dealkylation sites (tertiary alicyclic amines) is 1. The Morgan fingerprint density at radius 1 is 1.52 bits per heavy atom. The zero-order valence-corrected chi connectivity index (χ0v) is 13.1. The van der Waals surface area contributed by atoms with Crippen LogP contribution in [0.2, 0.25) is 0 Å². The lowest BCUT2D eigenvalue weighted by Gasteiger charge is -2.21. The Balaban J connectivity index is 2.19. The van der Waals surface area contributed by atoms with Crippen molar-refractivity contribution < 1.29 is 8.42 Å². The van der Waals surface area contributed by atoms with Crippen molar-refractivity contribution in [3.63, 3.8) is 0 Å². The summed E-state index contributed by atoms with van der Waals surface area (Å²) in [5.41, 5.74) is 6.25. The molecule has 1 aromatic rings. The summed E-state index contributed by atoms with van der Waals surface area (Å²) in [5, 5.41) is 8.81. The molecule has 21 heavy (non-hydrogen) atoms. The van der Waals surface area contributed by atoms with Gasteiger partial charge in [0, 0.05) is 20.1 Å². The standard InChI is InChI=1S/C14H20N4O2S/c1-17-6-5-12(9-17)10-18(2)21(19,20)14-4-3-11(8-15)7-13(14)16/h3-4,7,12H,5-6,9-10,16H2,1-2H3. The van der Waals surface area contributed by atoms with Crippen molar-refractivity contribution in [1.82, 2.24) is 9.21 Å². The van der Waals surface area contributed by atoms with Crippen molar-refractivity contribution in [3.05, 3.63) is 23.8 Å². The molecule has 0 amide bonds. The summed E-state index contributed by atoms with van der Waals surface area (Å²) in [6.07, 6.45) is 0.999. The zero-order chi connectivity index (χ0) is 15.6. The second-order valence-corrected chi connectivity index (χ2v) is 7.58. The molecule has 0 aliphatic carbocycles. The van der Waals surface area contributed by atoms with Gasteiger partial charge in [0.2, 0.25) is 10.0 Å². The third kappa shape index (κ3) is 3.35. The van der Waals surface area contributed by atoms with Gasteiger partial charge in [-0.1, -0.05) is 0 Å². The van der Waals surface area contributed by atoms with Gasteiger partial charge in [-0.25, -0.2) is 12.7 Å². The van der Waals surface area contributed by atoms with Crippen molar-refractivity contribution in [2.45, 2.75) is 11.3 Å². The van der Waals surface area contributed by atoms with E-state index in [1.54, 1.807) is 7.05 Å². The number of rotatable bonds is 4. The predicted octanol–water partition coefficient (Wildman–Crippen LogP) is 0.713. The molecule has 1 fully saturated rings. The molecule has 1 saturated heterocycles. The monoisotopic (exact) mass is 308 g/mol. The first-order valence-corrected chi connectivity index (χ1v) is 8.23. The number of nitrogens with zero attached hydrogens (tertiary/aromatic N) is 3. The van der Waals surface area contributed by atoms with Gasteiger partial charge in [-0.2, -0.15) is 5.26 Å². The summed E-state index contributed by atoms with van der Waals surface area (Å²) in [4.78, 5) is 2.26. The van der Waals surface area contributed by atoms with Gasteiger partial charge in [-0.3, -0.25) is 0 Å². The minimum absolute atomic E-state index is 0.0651. The number of benzene rings is 1. The summed E-state index contributed by atoms with van der Waals surface area (Å²) in [5.74, 6) is 0.342. The Labute approximate surface area is 125 Å². The lowest BCUT2D eigenvalue weighted by molar-refractivity contribution is 0.357. The van der Waals surface area contributed by atoms with Crippen LogP contribution in [0.5, 0.6) is 0 Å². The van der Waals surface area contributed by atoms with E-state index in [1.165, 1.54) is 22.5 Å². The summed E-state index contributed by atoms with van der Waals surface area (Å²) >= 11 is 0. The van der Waals surface area contributed by atoms with Crippen molar-refractivity contribution >= 4 is 15.7 Å². The molecule has 2 rings (SSSR count). The number of anilines is 1. The molecule has 0 bridgehead atoms. The van der Waals surface area contributed by atoms with E-state index in [9.17, 15) is 8.42 Å². The first-order chi connectivity index (χ1) is 9.84. The quantitative estimate of drug-likeness (QED) is 0.827. The second kappa shape index (κ2) is 6.02. The fourth-order valence-corrected chi connectivity index (χ4v) is 4.00. The Kier molecular flexibility index (Phi) is 4.52. The van der Waals surface area contributed by atoms with Crippen molar-refractivity contribution in [3.8, 4) is 6.07 Å². The molecule has 2 N–H and O–H groups in total. The largest absolute Gasteiger partial charge is 0.398 e. The third-order valence-electron chi connectivity index (χ3n) is 3.83. The molecule has 114 valence electrons. The number of hydrogen-bond acceptors (Lipinski definition) is 5.